The van der Waals surface area contributed by atoms with Gasteiger partial charge >= 0.3 is 0 Å². The first-order valence-corrected chi connectivity index (χ1v) is 23.5. The highest BCUT2D eigenvalue weighted by molar-refractivity contribution is 7.26. The molecule has 0 fully saturated rings. The minimum absolute atomic E-state index is 0.590. The van der Waals surface area contributed by atoms with Crippen molar-refractivity contribution >= 4 is 70.1 Å². The molecule has 0 radical (unpaired) electrons. The van der Waals surface area contributed by atoms with Gasteiger partial charge in [0.25, 0.3) is 0 Å². The SMILES string of the molecule is c1ccc(-c2cccc(N(c3cccc(-c4ccc5c(c4)-c4ccccc4C54c5ccc6ccccc6c5Oc5c4ccc4ccccc54)c3)c3cccc4c3sc3ccccc34)c2)cc1. The van der Waals surface area contributed by atoms with Gasteiger partial charge in [-0.25, -0.2) is 0 Å². The third-order valence-corrected chi connectivity index (χ3v) is 15.3. The van der Waals surface area contributed by atoms with Gasteiger partial charge in [0.1, 0.15) is 11.5 Å². The first-order valence-electron chi connectivity index (χ1n) is 22.7. The molecule has 3 heteroatoms. The molecule has 14 rings (SSSR count). The first-order chi connectivity index (χ1) is 32.7. The highest BCUT2D eigenvalue weighted by Crippen LogP contribution is 2.64. The quantitative estimate of drug-likeness (QED) is 0.171. The molecule has 0 amide bonds. The molecule has 1 aromatic heterocycles. The topological polar surface area (TPSA) is 12.5 Å². The molecule has 2 heterocycles. The third kappa shape index (κ3) is 5.35. The van der Waals surface area contributed by atoms with Crippen LogP contribution >= 0.6 is 11.3 Å². The number of anilines is 3. The highest BCUT2D eigenvalue weighted by atomic mass is 32.1. The first kappa shape index (κ1) is 37.2. The Labute approximate surface area is 386 Å². The summed E-state index contributed by atoms with van der Waals surface area (Å²) in [5, 5.41) is 7.15. The van der Waals surface area contributed by atoms with Crippen molar-refractivity contribution in [1.82, 2.24) is 0 Å². The zero-order valence-corrected chi connectivity index (χ0v) is 36.6. The predicted octanol–water partition coefficient (Wildman–Crippen LogP) is 17.6. The van der Waals surface area contributed by atoms with Crippen molar-refractivity contribution in [2.75, 3.05) is 4.90 Å². The molecule has 0 N–H and O–H groups in total. The lowest BCUT2D eigenvalue weighted by atomic mass is 9.65. The second-order valence-corrected chi connectivity index (χ2v) is 18.6. The Balaban J connectivity index is 0.976. The number of nitrogens with zero attached hydrogens (tertiary/aromatic N) is 1. The number of hydrogen-bond acceptors (Lipinski definition) is 3. The number of ether oxygens (including phenoxy) is 1. The molecule has 11 aromatic carbocycles. The Kier molecular flexibility index (Phi) is 8.10. The van der Waals surface area contributed by atoms with Crippen molar-refractivity contribution in [3.8, 4) is 44.9 Å². The number of hydrogen-bond donors (Lipinski definition) is 0. The standard InChI is InChI=1S/C63H39NOS/c1-2-15-40(16-3-1)43-19-12-21-46(37-43)64(58-29-14-27-52-51-26-9-11-30-59(51)66-62(52)58)47-22-13-20-44(38-47)45-33-34-55-53(39-45)50-25-8-10-28-54(50)63(55)56-35-31-41-17-4-6-23-48(41)60(56)65-61-49-24-7-5-18-42(49)32-36-57(61)63/h1-39H. The van der Waals surface area contributed by atoms with E-state index in [0.717, 1.165) is 44.9 Å². The summed E-state index contributed by atoms with van der Waals surface area (Å²) in [5.41, 5.74) is 14.9. The molecule has 12 aromatic rings. The lowest BCUT2D eigenvalue weighted by Gasteiger charge is -2.40. The van der Waals surface area contributed by atoms with Crippen molar-refractivity contribution in [3.63, 3.8) is 0 Å². The number of thiophene rings is 1. The van der Waals surface area contributed by atoms with Crippen LogP contribution in [-0.2, 0) is 5.41 Å². The van der Waals surface area contributed by atoms with Crippen LogP contribution in [0.4, 0.5) is 17.1 Å². The summed E-state index contributed by atoms with van der Waals surface area (Å²) in [7, 11) is 0. The fourth-order valence-electron chi connectivity index (χ4n) is 11.2. The van der Waals surface area contributed by atoms with Crippen LogP contribution in [0.1, 0.15) is 22.3 Å². The van der Waals surface area contributed by atoms with Crippen LogP contribution < -0.4 is 9.64 Å². The molecule has 0 bridgehead atoms. The van der Waals surface area contributed by atoms with Crippen LogP contribution in [0.5, 0.6) is 11.5 Å². The Morgan fingerprint density at radius 1 is 0.348 bits per heavy atom. The molecule has 0 saturated heterocycles. The van der Waals surface area contributed by atoms with Crippen LogP contribution in [0, 0.1) is 0 Å². The summed E-state index contributed by atoms with van der Waals surface area (Å²) >= 11 is 1.87. The molecule has 66 heavy (non-hydrogen) atoms. The fraction of sp³-hybridized carbons (Fsp3) is 0.0159. The van der Waals surface area contributed by atoms with Crippen LogP contribution in [0.25, 0.3) is 75.1 Å². The Morgan fingerprint density at radius 2 is 0.879 bits per heavy atom. The van der Waals surface area contributed by atoms with Crippen molar-refractivity contribution in [1.29, 1.82) is 0 Å². The van der Waals surface area contributed by atoms with Gasteiger partial charge in [0.2, 0.25) is 0 Å². The lowest BCUT2D eigenvalue weighted by Crippen LogP contribution is -2.32. The van der Waals surface area contributed by atoms with Gasteiger partial charge in [-0.1, -0.05) is 194 Å². The van der Waals surface area contributed by atoms with E-state index >= 15 is 0 Å². The largest absolute Gasteiger partial charge is 0.455 e. The average Bonchev–Trinajstić information content (AvgIpc) is 3.91. The van der Waals surface area contributed by atoms with E-state index in [0.29, 0.717) is 0 Å². The predicted molar refractivity (Wildman–Crippen MR) is 277 cm³/mol. The molecule has 0 saturated carbocycles. The second-order valence-electron chi connectivity index (χ2n) is 17.5. The van der Waals surface area contributed by atoms with Crippen LogP contribution in [0.15, 0.2) is 237 Å². The van der Waals surface area contributed by atoms with Gasteiger partial charge in [-0.2, -0.15) is 0 Å². The number of rotatable bonds is 5. The summed E-state index contributed by atoms with van der Waals surface area (Å²) in [6.45, 7) is 0. The van der Waals surface area contributed by atoms with Crippen LogP contribution in [0.2, 0.25) is 0 Å². The van der Waals surface area contributed by atoms with Gasteiger partial charge in [-0.05, 0) is 97.7 Å². The maximum atomic E-state index is 7.19. The molecular formula is C63H39NOS. The number of fused-ring (bicyclic) bond motifs is 16. The zero-order chi connectivity index (χ0) is 43.3. The van der Waals surface area contributed by atoms with E-state index < -0.39 is 5.41 Å². The molecule has 308 valence electrons. The van der Waals surface area contributed by atoms with E-state index in [1.54, 1.807) is 0 Å². The molecule has 2 nitrogen and oxygen atoms in total. The molecule has 1 aliphatic heterocycles. The zero-order valence-electron chi connectivity index (χ0n) is 35.8. The van der Waals surface area contributed by atoms with E-state index in [2.05, 4.69) is 241 Å². The third-order valence-electron chi connectivity index (χ3n) is 14.1. The summed E-state index contributed by atoms with van der Waals surface area (Å²) < 4.78 is 9.76. The van der Waals surface area contributed by atoms with Gasteiger partial charge in [0.05, 0.1) is 15.8 Å². The van der Waals surface area contributed by atoms with E-state index in [4.69, 9.17) is 4.74 Å². The molecule has 1 spiro atoms. The fourth-order valence-corrected chi connectivity index (χ4v) is 12.4. The molecular weight excluding hydrogens is 819 g/mol. The van der Waals surface area contributed by atoms with E-state index in [9.17, 15) is 0 Å². The van der Waals surface area contributed by atoms with E-state index in [-0.39, 0.29) is 0 Å². The normalized spacial score (nSPS) is 13.1. The van der Waals surface area contributed by atoms with Crippen molar-refractivity contribution in [2.24, 2.45) is 0 Å². The van der Waals surface area contributed by atoms with Crippen molar-refractivity contribution in [2.45, 2.75) is 5.41 Å². The van der Waals surface area contributed by atoms with Gasteiger partial charge in [-0.15, -0.1) is 11.3 Å². The summed E-state index contributed by atoms with van der Waals surface area (Å²) in [5.74, 6) is 1.86. The second kappa shape index (κ2) is 14.4. The van der Waals surface area contributed by atoms with Gasteiger partial charge in [0.15, 0.2) is 0 Å². The minimum Gasteiger partial charge on any atom is -0.455 e. The van der Waals surface area contributed by atoms with Crippen molar-refractivity contribution in [3.05, 3.63) is 259 Å². The smallest absolute Gasteiger partial charge is 0.140 e. The number of benzene rings is 11. The summed E-state index contributed by atoms with van der Waals surface area (Å²) in [6.07, 6.45) is 0. The Morgan fingerprint density at radius 3 is 1.61 bits per heavy atom. The molecule has 0 atom stereocenters. The monoisotopic (exact) mass is 857 g/mol. The average molecular weight is 858 g/mol. The van der Waals surface area contributed by atoms with Crippen LogP contribution in [-0.4, -0.2) is 0 Å². The maximum Gasteiger partial charge on any atom is 0.140 e. The van der Waals surface area contributed by atoms with E-state index in [1.807, 2.05) is 11.3 Å². The van der Waals surface area contributed by atoms with Gasteiger partial charge in [0, 0.05) is 48.7 Å². The summed E-state index contributed by atoms with van der Waals surface area (Å²) in [4.78, 5) is 2.45. The van der Waals surface area contributed by atoms with E-state index in [1.165, 1.54) is 81.0 Å². The molecule has 1 aliphatic carbocycles. The molecule has 2 aliphatic rings. The highest BCUT2D eigenvalue weighted by Gasteiger charge is 2.51. The van der Waals surface area contributed by atoms with Gasteiger partial charge < -0.3 is 9.64 Å². The van der Waals surface area contributed by atoms with Crippen LogP contribution in [0.3, 0.4) is 0 Å². The van der Waals surface area contributed by atoms with Gasteiger partial charge in [-0.3, -0.25) is 0 Å². The maximum absolute atomic E-state index is 7.19. The summed E-state index contributed by atoms with van der Waals surface area (Å²) in [6, 6.07) is 86.9. The lowest BCUT2D eigenvalue weighted by molar-refractivity contribution is 0.447. The Hall–Kier alpha value is -8.24. The molecule has 0 unspecified atom stereocenters. The minimum atomic E-state index is -0.590. The Bertz CT molecular complexity index is 3850. The van der Waals surface area contributed by atoms with Crippen molar-refractivity contribution < 1.29 is 4.74 Å².